The Balaban J connectivity index is 1.97. The molecule has 0 aliphatic carbocycles. The SMILES string of the molecule is CCN1C(=O)COc2ccc(S(=O)(=O)N3CCCCCC3)cc21. The zero-order valence-electron chi connectivity index (χ0n) is 13.3. The average molecular weight is 338 g/mol. The fourth-order valence-corrected chi connectivity index (χ4v) is 4.66. The number of hydrogen-bond acceptors (Lipinski definition) is 4. The Morgan fingerprint density at radius 3 is 2.48 bits per heavy atom. The lowest BCUT2D eigenvalue weighted by Gasteiger charge is -2.29. The van der Waals surface area contributed by atoms with Crippen molar-refractivity contribution in [2.75, 3.05) is 31.1 Å². The van der Waals surface area contributed by atoms with Crippen LogP contribution in [-0.2, 0) is 14.8 Å². The molecule has 23 heavy (non-hydrogen) atoms. The largest absolute Gasteiger partial charge is 0.482 e. The molecule has 3 rings (SSSR count). The summed E-state index contributed by atoms with van der Waals surface area (Å²) in [5.41, 5.74) is 0.541. The third-order valence-corrected chi connectivity index (χ3v) is 6.29. The Hall–Kier alpha value is -1.60. The molecule has 0 saturated carbocycles. The lowest BCUT2D eigenvalue weighted by molar-refractivity contribution is -0.121. The highest BCUT2D eigenvalue weighted by Gasteiger charge is 2.29. The maximum absolute atomic E-state index is 12.9. The van der Waals surface area contributed by atoms with E-state index in [0.717, 1.165) is 25.7 Å². The normalized spacial score (nSPS) is 19.9. The fraction of sp³-hybridized carbons (Fsp3) is 0.562. The van der Waals surface area contributed by atoms with E-state index in [-0.39, 0.29) is 17.4 Å². The third kappa shape index (κ3) is 3.07. The molecule has 6 nitrogen and oxygen atoms in total. The Labute approximate surface area is 137 Å². The van der Waals surface area contributed by atoms with Gasteiger partial charge < -0.3 is 9.64 Å². The number of amides is 1. The summed E-state index contributed by atoms with van der Waals surface area (Å²) < 4.78 is 32.7. The zero-order valence-corrected chi connectivity index (χ0v) is 14.1. The molecule has 2 aliphatic heterocycles. The quantitative estimate of drug-likeness (QED) is 0.845. The maximum atomic E-state index is 12.9. The molecule has 0 atom stereocenters. The van der Waals surface area contributed by atoms with Crippen molar-refractivity contribution in [3.63, 3.8) is 0 Å². The summed E-state index contributed by atoms with van der Waals surface area (Å²) in [5.74, 6) is 0.408. The Kier molecular flexibility index (Phi) is 4.59. The van der Waals surface area contributed by atoms with Gasteiger partial charge in [-0.05, 0) is 38.0 Å². The summed E-state index contributed by atoms with van der Waals surface area (Å²) in [6.45, 7) is 3.48. The molecular weight excluding hydrogens is 316 g/mol. The number of carbonyl (C=O) groups excluding carboxylic acids is 1. The molecule has 1 aromatic carbocycles. The lowest BCUT2D eigenvalue weighted by atomic mass is 10.2. The van der Waals surface area contributed by atoms with E-state index in [0.29, 0.717) is 31.1 Å². The van der Waals surface area contributed by atoms with Crippen LogP contribution in [0.25, 0.3) is 0 Å². The molecule has 1 fully saturated rings. The summed E-state index contributed by atoms with van der Waals surface area (Å²) in [6.07, 6.45) is 3.93. The van der Waals surface area contributed by atoms with Crippen LogP contribution in [0.15, 0.2) is 23.1 Å². The number of fused-ring (bicyclic) bond motifs is 1. The van der Waals surface area contributed by atoms with Crippen molar-refractivity contribution in [2.45, 2.75) is 37.5 Å². The highest BCUT2D eigenvalue weighted by Crippen LogP contribution is 2.35. The number of anilines is 1. The number of ether oxygens (including phenoxy) is 1. The van der Waals surface area contributed by atoms with Gasteiger partial charge in [0.05, 0.1) is 10.6 Å². The van der Waals surface area contributed by atoms with E-state index in [9.17, 15) is 13.2 Å². The Morgan fingerprint density at radius 2 is 1.83 bits per heavy atom. The third-order valence-electron chi connectivity index (χ3n) is 4.39. The second-order valence-electron chi connectivity index (χ2n) is 5.87. The van der Waals surface area contributed by atoms with E-state index >= 15 is 0 Å². The summed E-state index contributed by atoms with van der Waals surface area (Å²) in [7, 11) is -3.53. The minimum absolute atomic E-state index is 0.000931. The molecule has 1 aromatic rings. The standard InChI is InChI=1S/C16H22N2O4S/c1-2-18-14-11-13(7-8-15(14)22-12-16(18)19)23(20,21)17-9-5-3-4-6-10-17/h7-8,11H,2-6,9-10,12H2,1H3. The second-order valence-corrected chi connectivity index (χ2v) is 7.81. The number of sulfonamides is 1. The number of likely N-dealkylation sites (N-methyl/N-ethyl adjacent to an activating group) is 1. The van der Waals surface area contributed by atoms with Crippen molar-refractivity contribution in [1.82, 2.24) is 4.31 Å². The van der Waals surface area contributed by atoms with Gasteiger partial charge in [-0.25, -0.2) is 8.42 Å². The van der Waals surface area contributed by atoms with Crippen LogP contribution < -0.4 is 9.64 Å². The zero-order chi connectivity index (χ0) is 16.4. The molecule has 0 aromatic heterocycles. The molecule has 0 spiro atoms. The molecule has 2 aliphatic rings. The van der Waals surface area contributed by atoms with E-state index < -0.39 is 10.0 Å². The van der Waals surface area contributed by atoms with Crippen molar-refractivity contribution in [3.05, 3.63) is 18.2 Å². The van der Waals surface area contributed by atoms with Crippen LogP contribution in [-0.4, -0.2) is 44.9 Å². The first-order chi connectivity index (χ1) is 11.0. The molecule has 1 saturated heterocycles. The lowest BCUT2D eigenvalue weighted by Crippen LogP contribution is -2.39. The van der Waals surface area contributed by atoms with Crippen molar-refractivity contribution >= 4 is 21.6 Å². The molecule has 0 N–H and O–H groups in total. The van der Waals surface area contributed by atoms with Gasteiger partial charge in [0.25, 0.3) is 5.91 Å². The second kappa shape index (κ2) is 6.49. The smallest absolute Gasteiger partial charge is 0.265 e. The van der Waals surface area contributed by atoms with Gasteiger partial charge in [0, 0.05) is 19.6 Å². The number of carbonyl (C=O) groups is 1. The molecular formula is C16H22N2O4S. The maximum Gasteiger partial charge on any atom is 0.265 e. The minimum atomic E-state index is -3.53. The van der Waals surface area contributed by atoms with Crippen LogP contribution in [0.2, 0.25) is 0 Å². The van der Waals surface area contributed by atoms with Gasteiger partial charge in [-0.15, -0.1) is 0 Å². The highest BCUT2D eigenvalue weighted by molar-refractivity contribution is 7.89. The fourth-order valence-electron chi connectivity index (χ4n) is 3.12. The van der Waals surface area contributed by atoms with Crippen molar-refractivity contribution < 1.29 is 17.9 Å². The van der Waals surface area contributed by atoms with Gasteiger partial charge in [0.15, 0.2) is 6.61 Å². The van der Waals surface area contributed by atoms with Crippen LogP contribution in [0, 0.1) is 0 Å². The van der Waals surface area contributed by atoms with Crippen LogP contribution in [0.4, 0.5) is 5.69 Å². The number of benzene rings is 1. The minimum Gasteiger partial charge on any atom is -0.482 e. The van der Waals surface area contributed by atoms with Crippen molar-refractivity contribution in [3.8, 4) is 5.75 Å². The van der Waals surface area contributed by atoms with Crippen LogP contribution >= 0.6 is 0 Å². The van der Waals surface area contributed by atoms with Gasteiger partial charge in [-0.1, -0.05) is 12.8 Å². The van der Waals surface area contributed by atoms with Crippen molar-refractivity contribution in [2.24, 2.45) is 0 Å². The monoisotopic (exact) mass is 338 g/mol. The predicted molar refractivity (Wildman–Crippen MR) is 87.2 cm³/mol. The summed E-state index contributed by atoms with van der Waals surface area (Å²) in [5, 5.41) is 0. The number of nitrogens with zero attached hydrogens (tertiary/aromatic N) is 2. The molecule has 2 heterocycles. The molecule has 1 amide bonds. The Bertz CT molecular complexity index is 694. The van der Waals surface area contributed by atoms with Crippen LogP contribution in [0.1, 0.15) is 32.6 Å². The molecule has 7 heteroatoms. The van der Waals surface area contributed by atoms with Gasteiger partial charge in [-0.2, -0.15) is 4.31 Å². The van der Waals surface area contributed by atoms with E-state index in [2.05, 4.69) is 0 Å². The predicted octanol–water partition coefficient (Wildman–Crippen LogP) is 2.00. The molecule has 0 bridgehead atoms. The number of hydrogen-bond donors (Lipinski definition) is 0. The van der Waals surface area contributed by atoms with Gasteiger partial charge in [0.2, 0.25) is 10.0 Å². The van der Waals surface area contributed by atoms with Gasteiger partial charge in [0.1, 0.15) is 5.75 Å². The van der Waals surface area contributed by atoms with Gasteiger partial charge >= 0.3 is 0 Å². The molecule has 0 unspecified atom stereocenters. The number of rotatable bonds is 3. The van der Waals surface area contributed by atoms with Crippen LogP contribution in [0.5, 0.6) is 5.75 Å². The average Bonchev–Trinajstić information content (AvgIpc) is 2.84. The summed E-state index contributed by atoms with van der Waals surface area (Å²) >= 11 is 0. The van der Waals surface area contributed by atoms with Crippen molar-refractivity contribution in [1.29, 1.82) is 0 Å². The highest BCUT2D eigenvalue weighted by atomic mass is 32.2. The van der Waals surface area contributed by atoms with E-state index in [1.165, 1.54) is 0 Å². The first-order valence-electron chi connectivity index (χ1n) is 8.11. The Morgan fingerprint density at radius 1 is 1.13 bits per heavy atom. The molecule has 0 radical (unpaired) electrons. The summed E-state index contributed by atoms with van der Waals surface area (Å²) in [6, 6.07) is 4.79. The molecule has 126 valence electrons. The first kappa shape index (κ1) is 16.3. The summed E-state index contributed by atoms with van der Waals surface area (Å²) in [4.78, 5) is 13.7. The van der Waals surface area contributed by atoms with Gasteiger partial charge in [-0.3, -0.25) is 4.79 Å². The van der Waals surface area contributed by atoms with E-state index in [1.54, 1.807) is 27.4 Å². The topological polar surface area (TPSA) is 66.9 Å². The first-order valence-corrected chi connectivity index (χ1v) is 9.55. The van der Waals surface area contributed by atoms with Crippen LogP contribution in [0.3, 0.4) is 0 Å². The van der Waals surface area contributed by atoms with E-state index in [1.807, 2.05) is 6.92 Å². The van der Waals surface area contributed by atoms with E-state index in [4.69, 9.17) is 4.74 Å².